The predicted octanol–water partition coefficient (Wildman–Crippen LogP) is 3.27. The lowest BCUT2D eigenvalue weighted by atomic mass is 9.79. The molecular weight excluding hydrogens is 692 g/mol. The number of hydrogen-bond donors (Lipinski definition) is 3. The summed E-state index contributed by atoms with van der Waals surface area (Å²) in [5.74, 6) is 1.16. The zero-order valence-electron chi connectivity index (χ0n) is 28.5. The van der Waals surface area contributed by atoms with Crippen LogP contribution < -0.4 is 20.7 Å². The van der Waals surface area contributed by atoms with Crippen LogP contribution in [0.2, 0.25) is 0 Å². The van der Waals surface area contributed by atoms with Gasteiger partial charge in [-0.05, 0) is 60.0 Å². The standard InChI is InChI=1S/C38H38N2O11S/c1-25-9-19-31(20-10-25)52(45,46)50-24-37(34(43)33(42)35(51-37)40-22-21-32(41)39-36(40)44)23-49-38(26-7-5-4-6-8-26,27-11-15-29(47-2)16-12-27)28-13-17-30(48-3)18-14-28/h4-22,33-35,42-43H,23-24H2,1-3H3,(H,39,41,44)/t33?,34?,35-,37+/m0/s1. The lowest BCUT2D eigenvalue weighted by Crippen LogP contribution is -2.53. The minimum Gasteiger partial charge on any atom is -0.497 e. The Morgan fingerprint density at radius 1 is 0.788 bits per heavy atom. The molecule has 5 aromatic rings. The van der Waals surface area contributed by atoms with Gasteiger partial charge in [0.1, 0.15) is 41.5 Å². The average molecular weight is 731 g/mol. The van der Waals surface area contributed by atoms with Crippen molar-refractivity contribution in [1.29, 1.82) is 0 Å². The number of aliphatic hydroxyl groups excluding tert-OH is 2. The molecule has 13 nitrogen and oxygen atoms in total. The number of benzene rings is 4. The van der Waals surface area contributed by atoms with Crippen LogP contribution in [0.15, 0.2) is 130 Å². The topological polar surface area (TPSA) is 176 Å². The van der Waals surface area contributed by atoms with Gasteiger partial charge in [-0.2, -0.15) is 8.42 Å². The highest BCUT2D eigenvalue weighted by molar-refractivity contribution is 7.86. The maximum absolute atomic E-state index is 13.5. The van der Waals surface area contributed by atoms with Crippen molar-refractivity contribution in [2.75, 3.05) is 27.4 Å². The molecule has 1 aromatic heterocycles. The predicted molar refractivity (Wildman–Crippen MR) is 189 cm³/mol. The first kappa shape index (κ1) is 36.7. The lowest BCUT2D eigenvalue weighted by molar-refractivity contribution is -0.174. The van der Waals surface area contributed by atoms with Crippen LogP contribution in [0.3, 0.4) is 0 Å². The van der Waals surface area contributed by atoms with Gasteiger partial charge in [0.15, 0.2) is 6.23 Å². The second-order valence-electron chi connectivity index (χ2n) is 12.3. The summed E-state index contributed by atoms with van der Waals surface area (Å²) < 4.78 is 57.5. The van der Waals surface area contributed by atoms with Gasteiger partial charge in [-0.25, -0.2) is 4.79 Å². The van der Waals surface area contributed by atoms with Gasteiger partial charge in [0.05, 0.1) is 25.7 Å². The van der Waals surface area contributed by atoms with Gasteiger partial charge in [-0.3, -0.25) is 18.5 Å². The lowest BCUT2D eigenvalue weighted by Gasteiger charge is -2.40. The van der Waals surface area contributed by atoms with Gasteiger partial charge in [0.25, 0.3) is 15.7 Å². The monoisotopic (exact) mass is 730 g/mol. The maximum atomic E-state index is 13.5. The molecule has 3 N–H and O–H groups in total. The number of rotatable bonds is 13. The van der Waals surface area contributed by atoms with E-state index in [-0.39, 0.29) is 4.90 Å². The fraction of sp³-hybridized carbons (Fsp3) is 0.263. The van der Waals surface area contributed by atoms with E-state index in [1.807, 2.05) is 54.6 Å². The Morgan fingerprint density at radius 3 is 1.88 bits per heavy atom. The molecule has 1 fully saturated rings. The first-order valence-electron chi connectivity index (χ1n) is 16.2. The molecule has 4 aromatic carbocycles. The third-order valence-electron chi connectivity index (χ3n) is 9.11. The molecule has 6 rings (SSSR count). The van der Waals surface area contributed by atoms with Crippen molar-refractivity contribution in [1.82, 2.24) is 9.55 Å². The highest BCUT2D eigenvalue weighted by Gasteiger charge is 2.57. The van der Waals surface area contributed by atoms with E-state index in [9.17, 15) is 28.2 Å². The van der Waals surface area contributed by atoms with E-state index in [0.29, 0.717) is 28.2 Å². The van der Waals surface area contributed by atoms with Crippen LogP contribution in [-0.4, -0.2) is 73.4 Å². The molecular formula is C38H38N2O11S. The minimum absolute atomic E-state index is 0.147. The summed E-state index contributed by atoms with van der Waals surface area (Å²) in [6.45, 7) is 0.375. The number of aromatic nitrogens is 2. The van der Waals surface area contributed by atoms with Gasteiger partial charge in [-0.15, -0.1) is 0 Å². The molecule has 1 aliphatic rings. The van der Waals surface area contributed by atoms with Gasteiger partial charge in [0.2, 0.25) is 0 Å². The highest BCUT2D eigenvalue weighted by atomic mass is 32.2. The van der Waals surface area contributed by atoms with Crippen LogP contribution in [-0.2, 0) is 29.4 Å². The van der Waals surface area contributed by atoms with Crippen molar-refractivity contribution in [2.24, 2.45) is 0 Å². The number of H-pyrrole nitrogens is 1. The second kappa shape index (κ2) is 14.9. The number of aromatic amines is 1. The number of aryl methyl sites for hydroxylation is 1. The van der Waals surface area contributed by atoms with Crippen LogP contribution in [0.25, 0.3) is 0 Å². The number of aliphatic hydroxyl groups is 2. The van der Waals surface area contributed by atoms with E-state index in [1.165, 1.54) is 12.1 Å². The summed E-state index contributed by atoms with van der Waals surface area (Å²) in [6.07, 6.45) is -4.15. The molecule has 0 bridgehead atoms. The molecule has 1 saturated heterocycles. The Bertz CT molecular complexity index is 2160. The third kappa shape index (κ3) is 7.04. The molecule has 0 aliphatic carbocycles. The van der Waals surface area contributed by atoms with Crippen molar-refractivity contribution in [2.45, 2.75) is 41.5 Å². The fourth-order valence-corrected chi connectivity index (χ4v) is 7.19. The Morgan fingerprint density at radius 2 is 1.35 bits per heavy atom. The van der Waals surface area contributed by atoms with E-state index in [1.54, 1.807) is 57.5 Å². The van der Waals surface area contributed by atoms with Crippen LogP contribution in [0.1, 0.15) is 28.5 Å². The third-order valence-corrected chi connectivity index (χ3v) is 10.4. The summed E-state index contributed by atoms with van der Waals surface area (Å²) >= 11 is 0. The average Bonchev–Trinajstić information content (AvgIpc) is 3.41. The summed E-state index contributed by atoms with van der Waals surface area (Å²) in [5, 5.41) is 23.2. The van der Waals surface area contributed by atoms with E-state index >= 15 is 0 Å². The highest BCUT2D eigenvalue weighted by Crippen LogP contribution is 2.45. The van der Waals surface area contributed by atoms with E-state index < -0.39 is 64.2 Å². The Kier molecular flexibility index (Phi) is 10.5. The first-order valence-corrected chi connectivity index (χ1v) is 17.6. The molecule has 4 atom stereocenters. The summed E-state index contributed by atoms with van der Waals surface area (Å²) in [5.41, 5.74) is -2.48. The first-order chi connectivity index (χ1) is 24.9. The molecule has 14 heteroatoms. The summed E-state index contributed by atoms with van der Waals surface area (Å²) in [4.78, 5) is 26.7. The van der Waals surface area contributed by atoms with Gasteiger partial charge in [0, 0.05) is 12.3 Å². The normalized spacial score (nSPS) is 20.4. The summed E-state index contributed by atoms with van der Waals surface area (Å²) in [6, 6.07) is 30.5. The zero-order valence-corrected chi connectivity index (χ0v) is 29.4. The summed E-state index contributed by atoms with van der Waals surface area (Å²) in [7, 11) is -1.35. The Balaban J connectivity index is 1.49. The smallest absolute Gasteiger partial charge is 0.330 e. The minimum atomic E-state index is -4.44. The molecule has 0 spiro atoms. The van der Waals surface area contributed by atoms with Crippen molar-refractivity contribution >= 4 is 10.1 Å². The quantitative estimate of drug-likeness (QED) is 0.120. The van der Waals surface area contributed by atoms with Crippen LogP contribution in [0.5, 0.6) is 11.5 Å². The van der Waals surface area contributed by atoms with E-state index in [4.69, 9.17) is 23.1 Å². The van der Waals surface area contributed by atoms with Crippen molar-refractivity contribution < 1.29 is 41.8 Å². The van der Waals surface area contributed by atoms with Gasteiger partial charge < -0.3 is 29.2 Å². The van der Waals surface area contributed by atoms with E-state index in [2.05, 4.69) is 4.98 Å². The molecule has 1 aliphatic heterocycles. The van der Waals surface area contributed by atoms with Crippen molar-refractivity contribution in [3.63, 3.8) is 0 Å². The maximum Gasteiger partial charge on any atom is 0.330 e. The molecule has 52 heavy (non-hydrogen) atoms. The fourth-order valence-electron chi connectivity index (χ4n) is 6.23. The molecule has 0 saturated carbocycles. The molecule has 272 valence electrons. The molecule has 2 unspecified atom stereocenters. The largest absolute Gasteiger partial charge is 0.497 e. The number of hydrogen-bond acceptors (Lipinski definition) is 11. The number of ether oxygens (including phenoxy) is 4. The van der Waals surface area contributed by atoms with Gasteiger partial charge >= 0.3 is 5.69 Å². The van der Waals surface area contributed by atoms with Crippen LogP contribution >= 0.6 is 0 Å². The van der Waals surface area contributed by atoms with E-state index in [0.717, 1.165) is 22.4 Å². The Labute approximate surface area is 299 Å². The van der Waals surface area contributed by atoms with Crippen LogP contribution in [0.4, 0.5) is 0 Å². The number of methoxy groups -OCH3 is 2. The van der Waals surface area contributed by atoms with Crippen molar-refractivity contribution in [3.8, 4) is 11.5 Å². The molecule has 0 amide bonds. The van der Waals surface area contributed by atoms with Crippen molar-refractivity contribution in [3.05, 3.63) is 158 Å². The molecule has 2 heterocycles. The number of nitrogens with one attached hydrogen (secondary N) is 1. The number of nitrogens with zero attached hydrogens (tertiary/aromatic N) is 1. The Hall–Kier alpha value is -5.09. The second-order valence-corrected chi connectivity index (χ2v) is 14.0. The van der Waals surface area contributed by atoms with Gasteiger partial charge in [-0.1, -0.05) is 72.3 Å². The zero-order chi connectivity index (χ0) is 37.1. The van der Waals surface area contributed by atoms with Crippen LogP contribution in [0, 0.1) is 6.92 Å². The molecule has 0 radical (unpaired) electrons. The SMILES string of the molecule is COc1ccc(C(OC[C@]2(COS(=O)(=O)c3ccc(C)cc3)O[C@H](n3ccc(=O)[nH]c3=O)C(O)C2O)(c2ccccc2)c2ccc(OC)cc2)cc1.